The van der Waals surface area contributed by atoms with Crippen molar-refractivity contribution in [2.45, 2.75) is 32.7 Å². The number of likely N-dealkylation sites (tertiary alicyclic amines) is 1. The van der Waals surface area contributed by atoms with E-state index in [1.807, 2.05) is 16.7 Å². The van der Waals surface area contributed by atoms with Crippen molar-refractivity contribution in [3.8, 4) is 0 Å². The maximum Gasteiger partial charge on any atom is 0.268 e. The number of carbonyl (C=O) groups is 1. The summed E-state index contributed by atoms with van der Waals surface area (Å²) >= 11 is 0. The van der Waals surface area contributed by atoms with Crippen LogP contribution in [0.1, 0.15) is 40.9 Å². The average molecular weight is 365 g/mol. The van der Waals surface area contributed by atoms with Gasteiger partial charge in [-0.1, -0.05) is 36.2 Å². The van der Waals surface area contributed by atoms with Gasteiger partial charge in [0.2, 0.25) is 0 Å². The molecule has 0 atom stereocenters. The van der Waals surface area contributed by atoms with Crippen LogP contribution in [0.2, 0.25) is 0 Å². The maximum absolute atomic E-state index is 12.8. The average Bonchev–Trinajstić information content (AvgIpc) is 3.27. The fourth-order valence-corrected chi connectivity index (χ4v) is 3.81. The highest BCUT2D eigenvalue weighted by atomic mass is 16.3. The van der Waals surface area contributed by atoms with Crippen LogP contribution >= 0.6 is 0 Å². The molecule has 5 nitrogen and oxygen atoms in total. The van der Waals surface area contributed by atoms with Crippen LogP contribution in [0.3, 0.4) is 0 Å². The lowest BCUT2D eigenvalue weighted by molar-refractivity contribution is 0.0938. The number of hydrogen-bond donors (Lipinski definition) is 1. The van der Waals surface area contributed by atoms with Crippen molar-refractivity contribution in [3.63, 3.8) is 0 Å². The zero-order valence-corrected chi connectivity index (χ0v) is 15.9. The molecule has 27 heavy (non-hydrogen) atoms. The topological polar surface area (TPSA) is 50.4 Å². The van der Waals surface area contributed by atoms with Gasteiger partial charge in [0.05, 0.1) is 11.8 Å². The summed E-state index contributed by atoms with van der Waals surface area (Å²) in [4.78, 5) is 15.3. The van der Waals surface area contributed by atoms with E-state index in [4.69, 9.17) is 4.42 Å². The highest BCUT2D eigenvalue weighted by molar-refractivity contribution is 5.97. The summed E-state index contributed by atoms with van der Waals surface area (Å²) in [5.41, 5.74) is 4.76. The fourth-order valence-electron chi connectivity index (χ4n) is 3.81. The second kappa shape index (κ2) is 8.01. The van der Waals surface area contributed by atoms with Crippen LogP contribution in [0.5, 0.6) is 0 Å². The molecule has 0 spiro atoms. The number of amides is 1. The van der Waals surface area contributed by atoms with Gasteiger partial charge in [-0.3, -0.25) is 4.79 Å². The zero-order valence-electron chi connectivity index (χ0n) is 15.9. The van der Waals surface area contributed by atoms with Crippen LogP contribution in [0, 0.1) is 6.92 Å². The van der Waals surface area contributed by atoms with E-state index >= 15 is 0 Å². The molecule has 4 rings (SSSR count). The fraction of sp³-hybridized carbons (Fsp3) is 0.409. The molecule has 5 heteroatoms. The third kappa shape index (κ3) is 4.08. The lowest BCUT2D eigenvalue weighted by atomic mass is 10.1. The van der Waals surface area contributed by atoms with E-state index in [0.29, 0.717) is 18.8 Å². The molecule has 1 saturated heterocycles. The van der Waals surface area contributed by atoms with Crippen molar-refractivity contribution in [1.82, 2.24) is 14.8 Å². The minimum absolute atomic E-state index is 0.0366. The molecule has 1 N–H and O–H groups in total. The Bertz CT molecular complexity index is 901. The number of aryl methyl sites for hydroxylation is 1. The standard InChI is InChI=1S/C22H27N3O2/c1-17-5-7-18(8-6-17)16-25-19-9-14-27-21(19)15-20(25)22(26)23-10-13-24-11-3-2-4-12-24/h5-9,14-15H,2-4,10-13,16H2,1H3,(H,23,26). The third-order valence-electron chi connectivity index (χ3n) is 5.38. The quantitative estimate of drug-likeness (QED) is 0.723. The number of piperidine rings is 1. The first-order chi connectivity index (χ1) is 13.2. The van der Waals surface area contributed by atoms with E-state index in [0.717, 1.165) is 30.7 Å². The number of hydrogen-bond acceptors (Lipinski definition) is 3. The highest BCUT2D eigenvalue weighted by Crippen LogP contribution is 2.22. The SMILES string of the molecule is Cc1ccc(Cn2c(C(=O)NCCN3CCCCC3)cc3occc32)cc1. The van der Waals surface area contributed by atoms with Crippen molar-refractivity contribution in [3.05, 3.63) is 59.5 Å². The van der Waals surface area contributed by atoms with E-state index in [1.54, 1.807) is 6.26 Å². The molecule has 0 radical (unpaired) electrons. The van der Waals surface area contributed by atoms with Crippen LogP contribution in [-0.2, 0) is 6.54 Å². The molecule has 0 aliphatic carbocycles. The van der Waals surface area contributed by atoms with Crippen molar-refractivity contribution in [2.75, 3.05) is 26.2 Å². The van der Waals surface area contributed by atoms with Gasteiger partial charge in [0.15, 0.2) is 5.58 Å². The van der Waals surface area contributed by atoms with Gasteiger partial charge in [0.1, 0.15) is 5.69 Å². The molecule has 0 bridgehead atoms. The minimum atomic E-state index is -0.0366. The zero-order chi connectivity index (χ0) is 18.6. The molecule has 0 unspecified atom stereocenters. The van der Waals surface area contributed by atoms with Crippen molar-refractivity contribution in [1.29, 1.82) is 0 Å². The van der Waals surface area contributed by atoms with Crippen molar-refractivity contribution < 1.29 is 9.21 Å². The molecule has 0 saturated carbocycles. The van der Waals surface area contributed by atoms with Gasteiger partial charge < -0.3 is 19.2 Å². The second-order valence-corrected chi connectivity index (χ2v) is 7.43. The first-order valence-electron chi connectivity index (χ1n) is 9.83. The minimum Gasteiger partial charge on any atom is -0.463 e. The van der Waals surface area contributed by atoms with Crippen molar-refractivity contribution in [2.24, 2.45) is 0 Å². The van der Waals surface area contributed by atoms with Gasteiger partial charge in [-0.25, -0.2) is 0 Å². The smallest absolute Gasteiger partial charge is 0.268 e. The largest absolute Gasteiger partial charge is 0.463 e. The number of nitrogens with one attached hydrogen (secondary N) is 1. The Morgan fingerprint density at radius 1 is 1.11 bits per heavy atom. The third-order valence-corrected chi connectivity index (χ3v) is 5.38. The molecule has 3 heterocycles. The summed E-state index contributed by atoms with van der Waals surface area (Å²) < 4.78 is 7.58. The number of fused-ring (bicyclic) bond motifs is 1. The van der Waals surface area contributed by atoms with Crippen LogP contribution in [0.25, 0.3) is 11.1 Å². The molecule has 3 aromatic rings. The van der Waals surface area contributed by atoms with Gasteiger partial charge in [-0.15, -0.1) is 0 Å². The number of carbonyl (C=O) groups excluding carboxylic acids is 1. The Labute approximate surface area is 159 Å². The first-order valence-corrected chi connectivity index (χ1v) is 9.83. The number of nitrogens with zero attached hydrogens (tertiary/aromatic N) is 2. The van der Waals surface area contributed by atoms with Crippen molar-refractivity contribution >= 4 is 17.0 Å². The summed E-state index contributed by atoms with van der Waals surface area (Å²) in [5, 5.41) is 3.09. The van der Waals surface area contributed by atoms with Gasteiger partial charge in [-0.2, -0.15) is 0 Å². The lowest BCUT2D eigenvalue weighted by Gasteiger charge is -2.26. The molecule has 142 valence electrons. The Hall–Kier alpha value is -2.53. The van der Waals surface area contributed by atoms with Gasteiger partial charge in [0.25, 0.3) is 5.91 Å². The molecule has 1 aliphatic heterocycles. The summed E-state index contributed by atoms with van der Waals surface area (Å²) in [6.45, 7) is 6.61. The number of benzene rings is 1. The normalized spacial score (nSPS) is 15.3. The van der Waals surface area contributed by atoms with Crippen LogP contribution in [0.4, 0.5) is 0 Å². The number of aromatic nitrogens is 1. The molecule has 1 aliphatic rings. The predicted octanol–water partition coefficient (Wildman–Crippen LogP) is 3.81. The highest BCUT2D eigenvalue weighted by Gasteiger charge is 2.18. The van der Waals surface area contributed by atoms with E-state index in [9.17, 15) is 4.79 Å². The molecule has 1 fully saturated rings. The Balaban J connectivity index is 1.47. The molecular formula is C22H27N3O2. The summed E-state index contributed by atoms with van der Waals surface area (Å²) in [7, 11) is 0. The van der Waals surface area contributed by atoms with Crippen LogP contribution in [0.15, 0.2) is 47.1 Å². The monoisotopic (exact) mass is 365 g/mol. The summed E-state index contributed by atoms with van der Waals surface area (Å²) in [5.74, 6) is -0.0366. The molecule has 1 aromatic carbocycles. The van der Waals surface area contributed by atoms with Crippen LogP contribution in [-0.4, -0.2) is 41.6 Å². The summed E-state index contributed by atoms with van der Waals surface area (Å²) in [6, 6.07) is 12.2. The van der Waals surface area contributed by atoms with E-state index in [1.165, 1.54) is 30.4 Å². The van der Waals surface area contributed by atoms with Gasteiger partial charge in [0, 0.05) is 31.8 Å². The van der Waals surface area contributed by atoms with E-state index in [2.05, 4.69) is 41.4 Å². The van der Waals surface area contributed by atoms with E-state index in [-0.39, 0.29) is 5.91 Å². The Kier molecular flexibility index (Phi) is 5.30. The maximum atomic E-state index is 12.8. The lowest BCUT2D eigenvalue weighted by Crippen LogP contribution is -2.38. The Morgan fingerprint density at radius 2 is 1.89 bits per heavy atom. The molecule has 2 aromatic heterocycles. The molecule has 1 amide bonds. The van der Waals surface area contributed by atoms with Gasteiger partial charge >= 0.3 is 0 Å². The molecular weight excluding hydrogens is 338 g/mol. The first kappa shape index (κ1) is 17.9. The summed E-state index contributed by atoms with van der Waals surface area (Å²) in [6.07, 6.45) is 5.54. The number of furan rings is 1. The van der Waals surface area contributed by atoms with E-state index < -0.39 is 0 Å². The predicted molar refractivity (Wildman–Crippen MR) is 107 cm³/mol. The van der Waals surface area contributed by atoms with Gasteiger partial charge in [-0.05, 0) is 38.4 Å². The number of rotatable bonds is 6. The van der Waals surface area contributed by atoms with Crippen LogP contribution < -0.4 is 5.32 Å². The Morgan fingerprint density at radius 3 is 2.67 bits per heavy atom. The second-order valence-electron chi connectivity index (χ2n) is 7.43.